The maximum atomic E-state index is 6.03. The zero-order valence-corrected chi connectivity index (χ0v) is 14.6. The second-order valence-electron chi connectivity index (χ2n) is 6.92. The van der Waals surface area contributed by atoms with Crippen molar-refractivity contribution in [2.75, 3.05) is 13.2 Å². The molecule has 2 fully saturated rings. The van der Waals surface area contributed by atoms with E-state index in [-0.39, 0.29) is 5.79 Å². The fraction of sp³-hybridized carbons (Fsp3) is 0.429. The molecule has 0 aromatic heterocycles. The highest BCUT2D eigenvalue weighted by molar-refractivity contribution is 6.30. The molecule has 2 aliphatic rings. The second kappa shape index (κ2) is 6.87. The van der Waals surface area contributed by atoms with Crippen LogP contribution in [-0.2, 0) is 15.9 Å². The van der Waals surface area contributed by atoms with E-state index in [0.29, 0.717) is 5.92 Å². The van der Waals surface area contributed by atoms with E-state index in [9.17, 15) is 0 Å². The lowest BCUT2D eigenvalue weighted by atomic mass is 9.80. The summed E-state index contributed by atoms with van der Waals surface area (Å²) < 4.78 is 11.7. The Bertz CT molecular complexity index is 679. The van der Waals surface area contributed by atoms with Crippen molar-refractivity contribution < 1.29 is 9.47 Å². The van der Waals surface area contributed by atoms with E-state index < -0.39 is 0 Å². The van der Waals surface area contributed by atoms with E-state index >= 15 is 0 Å². The van der Waals surface area contributed by atoms with Gasteiger partial charge >= 0.3 is 0 Å². The maximum absolute atomic E-state index is 6.03. The second-order valence-corrected chi connectivity index (χ2v) is 7.36. The van der Waals surface area contributed by atoms with E-state index in [1.54, 1.807) is 0 Å². The van der Waals surface area contributed by atoms with Crippen LogP contribution in [-0.4, -0.2) is 19.0 Å². The lowest BCUT2D eigenvalue weighted by Crippen LogP contribution is -2.35. The molecule has 1 saturated carbocycles. The van der Waals surface area contributed by atoms with Gasteiger partial charge in [-0.05, 0) is 54.0 Å². The molecule has 0 amide bonds. The van der Waals surface area contributed by atoms with Gasteiger partial charge in [0.2, 0.25) is 0 Å². The Labute approximate surface area is 148 Å². The Kier molecular flexibility index (Phi) is 4.62. The first kappa shape index (κ1) is 16.1. The molecule has 2 aromatic carbocycles. The molecule has 2 aromatic rings. The topological polar surface area (TPSA) is 18.5 Å². The fourth-order valence-electron chi connectivity index (χ4n) is 4.03. The Morgan fingerprint density at radius 2 is 1.58 bits per heavy atom. The molecule has 2 nitrogen and oxygen atoms in total. The molecule has 1 aliphatic heterocycles. The predicted octanol–water partition coefficient (Wildman–Crippen LogP) is 5.48. The van der Waals surface area contributed by atoms with Gasteiger partial charge in [-0.1, -0.05) is 48.0 Å². The van der Waals surface area contributed by atoms with Crippen LogP contribution >= 0.6 is 11.6 Å². The number of hydrogen-bond donors (Lipinski definition) is 0. The molecule has 0 N–H and O–H groups in total. The van der Waals surface area contributed by atoms with Gasteiger partial charge in [-0.15, -0.1) is 0 Å². The van der Waals surface area contributed by atoms with E-state index in [4.69, 9.17) is 21.1 Å². The van der Waals surface area contributed by atoms with E-state index in [0.717, 1.165) is 37.5 Å². The van der Waals surface area contributed by atoms with Gasteiger partial charge in [-0.3, -0.25) is 0 Å². The molecule has 3 heteroatoms. The van der Waals surface area contributed by atoms with Crippen LogP contribution < -0.4 is 0 Å². The van der Waals surface area contributed by atoms with Crippen molar-refractivity contribution in [2.45, 2.75) is 37.9 Å². The van der Waals surface area contributed by atoms with Gasteiger partial charge in [0.05, 0.1) is 13.2 Å². The minimum absolute atomic E-state index is 0.258. The molecule has 24 heavy (non-hydrogen) atoms. The zero-order chi connectivity index (χ0) is 16.4. The molecule has 0 bridgehead atoms. The summed E-state index contributed by atoms with van der Waals surface area (Å²) in [6.45, 7) is 1.51. The molecule has 0 radical (unpaired) electrons. The van der Waals surface area contributed by atoms with Crippen LogP contribution in [0.4, 0.5) is 0 Å². The third-order valence-corrected chi connectivity index (χ3v) is 5.61. The first-order valence-electron chi connectivity index (χ1n) is 8.86. The standard InChI is InChI=1S/C21H23ClO2/c22-19-7-5-17(6-8-19)20-4-2-1-3-18(20)15-16-9-11-21(12-10-16)23-13-14-24-21/h1-8,16H,9-15H2. The minimum atomic E-state index is -0.258. The molecule has 4 rings (SSSR count). The van der Waals surface area contributed by atoms with Crippen LogP contribution in [0.3, 0.4) is 0 Å². The number of benzene rings is 2. The Hall–Kier alpha value is -1.35. The normalized spacial score (nSPS) is 20.5. The van der Waals surface area contributed by atoms with Gasteiger partial charge in [-0.2, -0.15) is 0 Å². The first-order valence-corrected chi connectivity index (χ1v) is 9.24. The van der Waals surface area contributed by atoms with Crippen molar-refractivity contribution in [3.63, 3.8) is 0 Å². The Balaban J connectivity index is 1.48. The molecule has 126 valence electrons. The van der Waals surface area contributed by atoms with E-state index in [1.165, 1.54) is 29.5 Å². The summed E-state index contributed by atoms with van der Waals surface area (Å²) in [5, 5.41) is 0.783. The number of halogens is 1. The van der Waals surface area contributed by atoms with Crippen LogP contribution in [0.5, 0.6) is 0 Å². The summed E-state index contributed by atoms with van der Waals surface area (Å²) in [6.07, 6.45) is 5.53. The highest BCUT2D eigenvalue weighted by Crippen LogP contribution is 2.40. The highest BCUT2D eigenvalue weighted by atomic mass is 35.5. The smallest absolute Gasteiger partial charge is 0.168 e. The van der Waals surface area contributed by atoms with Crippen LogP contribution in [0, 0.1) is 5.92 Å². The average molecular weight is 343 g/mol. The molecule has 0 unspecified atom stereocenters. The molecule has 1 spiro atoms. The van der Waals surface area contributed by atoms with Gasteiger partial charge in [0.15, 0.2) is 5.79 Å². The quantitative estimate of drug-likeness (QED) is 0.735. The van der Waals surface area contributed by atoms with Crippen molar-refractivity contribution in [3.05, 3.63) is 59.1 Å². The number of rotatable bonds is 3. The van der Waals surface area contributed by atoms with Crippen LogP contribution in [0.2, 0.25) is 5.02 Å². The van der Waals surface area contributed by atoms with Gasteiger partial charge in [0.1, 0.15) is 0 Å². The lowest BCUT2D eigenvalue weighted by Gasteiger charge is -2.35. The summed E-state index contributed by atoms with van der Waals surface area (Å²) in [5.41, 5.74) is 3.99. The van der Waals surface area contributed by atoms with E-state index in [2.05, 4.69) is 36.4 Å². The first-order chi connectivity index (χ1) is 11.7. The highest BCUT2D eigenvalue weighted by Gasteiger charge is 2.40. The van der Waals surface area contributed by atoms with E-state index in [1.807, 2.05) is 12.1 Å². The van der Waals surface area contributed by atoms with Gasteiger partial charge in [0, 0.05) is 17.9 Å². The average Bonchev–Trinajstić information content (AvgIpc) is 3.07. The monoisotopic (exact) mass is 342 g/mol. The van der Waals surface area contributed by atoms with Crippen LogP contribution in [0.1, 0.15) is 31.2 Å². The number of hydrogen-bond acceptors (Lipinski definition) is 2. The summed E-state index contributed by atoms with van der Waals surface area (Å²) in [7, 11) is 0. The predicted molar refractivity (Wildman–Crippen MR) is 97.2 cm³/mol. The van der Waals surface area contributed by atoms with Crippen LogP contribution in [0.15, 0.2) is 48.5 Å². The van der Waals surface area contributed by atoms with Gasteiger partial charge in [-0.25, -0.2) is 0 Å². The Morgan fingerprint density at radius 1 is 0.917 bits per heavy atom. The summed E-state index contributed by atoms with van der Waals surface area (Å²) >= 11 is 6.03. The SMILES string of the molecule is Clc1ccc(-c2ccccc2CC2CCC3(CC2)OCCO3)cc1. The lowest BCUT2D eigenvalue weighted by molar-refractivity contribution is -0.182. The van der Waals surface area contributed by atoms with Crippen LogP contribution in [0.25, 0.3) is 11.1 Å². The third kappa shape index (κ3) is 3.37. The molecule has 1 aliphatic carbocycles. The molecular weight excluding hydrogens is 320 g/mol. The van der Waals surface area contributed by atoms with Crippen molar-refractivity contribution in [1.29, 1.82) is 0 Å². The minimum Gasteiger partial charge on any atom is -0.348 e. The molecule has 1 heterocycles. The number of ether oxygens (including phenoxy) is 2. The van der Waals surface area contributed by atoms with Crippen molar-refractivity contribution >= 4 is 11.6 Å². The Morgan fingerprint density at radius 3 is 2.29 bits per heavy atom. The van der Waals surface area contributed by atoms with Gasteiger partial charge in [0.25, 0.3) is 0 Å². The molecular formula is C21H23ClO2. The molecule has 1 saturated heterocycles. The van der Waals surface area contributed by atoms with Gasteiger partial charge < -0.3 is 9.47 Å². The summed E-state index contributed by atoms with van der Waals surface area (Å²) in [6, 6.07) is 16.9. The maximum Gasteiger partial charge on any atom is 0.168 e. The van der Waals surface area contributed by atoms with Crippen molar-refractivity contribution in [2.24, 2.45) is 5.92 Å². The third-order valence-electron chi connectivity index (χ3n) is 5.36. The fourth-order valence-corrected chi connectivity index (χ4v) is 4.15. The van der Waals surface area contributed by atoms with Crippen molar-refractivity contribution in [3.8, 4) is 11.1 Å². The summed E-state index contributed by atoms with van der Waals surface area (Å²) in [5.74, 6) is 0.448. The largest absolute Gasteiger partial charge is 0.348 e. The summed E-state index contributed by atoms with van der Waals surface area (Å²) in [4.78, 5) is 0. The molecule has 0 atom stereocenters. The zero-order valence-electron chi connectivity index (χ0n) is 13.8. The van der Waals surface area contributed by atoms with Crippen molar-refractivity contribution in [1.82, 2.24) is 0 Å².